The molecule has 0 spiro atoms. The highest BCUT2D eigenvalue weighted by atomic mass is 16.5. The molecule has 0 aliphatic carbocycles. The van der Waals surface area contributed by atoms with Gasteiger partial charge in [0.25, 0.3) is 0 Å². The van der Waals surface area contributed by atoms with Crippen LogP contribution in [0.2, 0.25) is 0 Å². The summed E-state index contributed by atoms with van der Waals surface area (Å²) in [6.45, 7) is 6.08. The Bertz CT molecular complexity index is 329. The average molecular weight is 206 g/mol. The first-order chi connectivity index (χ1) is 7.17. The third-order valence-electron chi connectivity index (χ3n) is 2.21. The van der Waals surface area contributed by atoms with Gasteiger partial charge in [0.15, 0.2) is 0 Å². The smallest absolute Gasteiger partial charge is 0.124 e. The summed E-state index contributed by atoms with van der Waals surface area (Å²) < 4.78 is 5.68. The van der Waals surface area contributed by atoms with Crippen LogP contribution in [0.5, 0.6) is 5.75 Å². The number of rotatable bonds is 5. The van der Waals surface area contributed by atoms with Crippen LogP contribution in [-0.2, 0) is 17.6 Å². The molecule has 15 heavy (non-hydrogen) atoms. The van der Waals surface area contributed by atoms with E-state index >= 15 is 0 Å². The molecule has 0 heterocycles. The van der Waals surface area contributed by atoms with Crippen molar-refractivity contribution in [1.82, 2.24) is 0 Å². The van der Waals surface area contributed by atoms with E-state index in [4.69, 9.17) is 4.74 Å². The predicted molar refractivity (Wildman–Crippen MR) is 61.4 cm³/mol. The summed E-state index contributed by atoms with van der Waals surface area (Å²) in [5.74, 6) is 0.844. The summed E-state index contributed by atoms with van der Waals surface area (Å²) in [7, 11) is 0. The average Bonchev–Trinajstić information content (AvgIpc) is 2.20. The SMILES string of the molecule is CCc1ccc(CC=O)c(OC(C)C)c1. The normalized spacial score (nSPS) is 10.4. The highest BCUT2D eigenvalue weighted by Gasteiger charge is 2.06. The fraction of sp³-hybridized carbons (Fsp3) is 0.462. The second-order valence-corrected chi connectivity index (χ2v) is 3.83. The molecule has 0 saturated carbocycles. The molecule has 0 amide bonds. The number of benzene rings is 1. The molecule has 2 nitrogen and oxygen atoms in total. The van der Waals surface area contributed by atoms with E-state index in [1.54, 1.807) is 0 Å². The lowest BCUT2D eigenvalue weighted by molar-refractivity contribution is -0.107. The standard InChI is InChI=1S/C13H18O2/c1-4-11-5-6-12(7-8-14)13(9-11)15-10(2)3/h5-6,8-10H,4,7H2,1-3H3. The van der Waals surface area contributed by atoms with Gasteiger partial charge in [0.2, 0.25) is 0 Å². The largest absolute Gasteiger partial charge is 0.491 e. The number of carbonyl (C=O) groups is 1. The number of hydrogen-bond acceptors (Lipinski definition) is 2. The molecular formula is C13H18O2. The van der Waals surface area contributed by atoms with Crippen LogP contribution in [-0.4, -0.2) is 12.4 Å². The Labute approximate surface area is 91.3 Å². The zero-order valence-corrected chi connectivity index (χ0v) is 9.62. The maximum absolute atomic E-state index is 10.5. The molecule has 0 saturated heterocycles. The molecule has 0 unspecified atom stereocenters. The first-order valence-corrected chi connectivity index (χ1v) is 5.39. The molecule has 0 radical (unpaired) electrons. The molecule has 0 bridgehead atoms. The Morgan fingerprint density at radius 3 is 2.67 bits per heavy atom. The van der Waals surface area contributed by atoms with Crippen LogP contribution in [0, 0.1) is 0 Å². The van der Waals surface area contributed by atoms with Gasteiger partial charge in [-0.25, -0.2) is 0 Å². The minimum atomic E-state index is 0.141. The molecule has 1 aromatic rings. The number of hydrogen-bond donors (Lipinski definition) is 0. The van der Waals surface area contributed by atoms with Gasteiger partial charge in [-0.15, -0.1) is 0 Å². The van der Waals surface area contributed by atoms with Gasteiger partial charge in [-0.05, 0) is 31.9 Å². The molecule has 2 heteroatoms. The summed E-state index contributed by atoms with van der Waals surface area (Å²) in [5.41, 5.74) is 2.20. The number of aryl methyl sites for hydroxylation is 1. The van der Waals surface area contributed by atoms with Crippen LogP contribution in [0.4, 0.5) is 0 Å². The predicted octanol–water partition coefficient (Wildman–Crippen LogP) is 2.78. The van der Waals surface area contributed by atoms with E-state index < -0.39 is 0 Å². The van der Waals surface area contributed by atoms with E-state index in [0.717, 1.165) is 24.0 Å². The van der Waals surface area contributed by atoms with Gasteiger partial charge in [0.05, 0.1) is 6.10 Å². The highest BCUT2D eigenvalue weighted by Crippen LogP contribution is 2.22. The number of ether oxygens (including phenoxy) is 1. The monoisotopic (exact) mass is 206 g/mol. The van der Waals surface area contributed by atoms with Crippen molar-refractivity contribution in [2.45, 2.75) is 39.7 Å². The Kier molecular flexibility index (Phi) is 4.35. The van der Waals surface area contributed by atoms with E-state index in [1.807, 2.05) is 32.0 Å². The topological polar surface area (TPSA) is 26.3 Å². The lowest BCUT2D eigenvalue weighted by Gasteiger charge is -2.14. The third-order valence-corrected chi connectivity index (χ3v) is 2.21. The van der Waals surface area contributed by atoms with Gasteiger partial charge in [0, 0.05) is 12.0 Å². The summed E-state index contributed by atoms with van der Waals surface area (Å²) in [6.07, 6.45) is 2.46. The zero-order chi connectivity index (χ0) is 11.3. The molecule has 0 fully saturated rings. The molecule has 1 aromatic carbocycles. The van der Waals surface area contributed by atoms with E-state index in [9.17, 15) is 4.79 Å². The second kappa shape index (κ2) is 5.54. The first kappa shape index (κ1) is 11.8. The van der Waals surface area contributed by atoms with Crippen molar-refractivity contribution in [3.05, 3.63) is 29.3 Å². The lowest BCUT2D eigenvalue weighted by atomic mass is 10.1. The van der Waals surface area contributed by atoms with Crippen LogP contribution in [0.3, 0.4) is 0 Å². The van der Waals surface area contributed by atoms with E-state index in [-0.39, 0.29) is 6.10 Å². The van der Waals surface area contributed by atoms with Crippen molar-refractivity contribution in [1.29, 1.82) is 0 Å². The summed E-state index contributed by atoms with van der Waals surface area (Å²) in [6, 6.07) is 6.05. The van der Waals surface area contributed by atoms with Gasteiger partial charge in [-0.3, -0.25) is 0 Å². The molecule has 0 aliphatic rings. The summed E-state index contributed by atoms with van der Waals surface area (Å²) in [5, 5.41) is 0. The van der Waals surface area contributed by atoms with Gasteiger partial charge in [-0.1, -0.05) is 19.1 Å². The van der Waals surface area contributed by atoms with Gasteiger partial charge in [-0.2, -0.15) is 0 Å². The summed E-state index contributed by atoms with van der Waals surface area (Å²) in [4.78, 5) is 10.5. The quantitative estimate of drug-likeness (QED) is 0.692. The maximum atomic E-state index is 10.5. The van der Waals surface area contributed by atoms with Crippen LogP contribution in [0.25, 0.3) is 0 Å². The fourth-order valence-electron chi connectivity index (χ4n) is 1.44. The van der Waals surface area contributed by atoms with Crippen molar-refractivity contribution in [3.8, 4) is 5.75 Å². The maximum Gasteiger partial charge on any atom is 0.124 e. The first-order valence-electron chi connectivity index (χ1n) is 5.39. The van der Waals surface area contributed by atoms with Crippen molar-refractivity contribution in [2.24, 2.45) is 0 Å². The van der Waals surface area contributed by atoms with Crippen molar-refractivity contribution in [2.75, 3.05) is 0 Å². The minimum absolute atomic E-state index is 0.141. The number of aldehydes is 1. The Hall–Kier alpha value is -1.31. The highest BCUT2D eigenvalue weighted by molar-refractivity contribution is 5.58. The van der Waals surface area contributed by atoms with Crippen molar-refractivity contribution in [3.63, 3.8) is 0 Å². The molecule has 1 rings (SSSR count). The molecule has 0 atom stereocenters. The van der Waals surface area contributed by atoms with Crippen LogP contribution >= 0.6 is 0 Å². The lowest BCUT2D eigenvalue weighted by Crippen LogP contribution is -2.08. The second-order valence-electron chi connectivity index (χ2n) is 3.83. The molecule has 0 N–H and O–H groups in total. The Morgan fingerprint density at radius 1 is 1.40 bits per heavy atom. The Morgan fingerprint density at radius 2 is 2.13 bits per heavy atom. The zero-order valence-electron chi connectivity index (χ0n) is 9.62. The van der Waals surface area contributed by atoms with Crippen molar-refractivity contribution >= 4 is 6.29 Å². The van der Waals surface area contributed by atoms with E-state index in [0.29, 0.717) is 6.42 Å². The van der Waals surface area contributed by atoms with Gasteiger partial charge >= 0.3 is 0 Å². The fourth-order valence-corrected chi connectivity index (χ4v) is 1.44. The molecule has 0 aliphatic heterocycles. The van der Waals surface area contributed by atoms with Crippen molar-refractivity contribution < 1.29 is 9.53 Å². The van der Waals surface area contributed by atoms with Crippen LogP contribution in [0.1, 0.15) is 31.9 Å². The van der Waals surface area contributed by atoms with Gasteiger partial charge < -0.3 is 9.53 Å². The van der Waals surface area contributed by atoms with Crippen LogP contribution < -0.4 is 4.74 Å². The van der Waals surface area contributed by atoms with E-state index in [1.165, 1.54) is 5.56 Å². The minimum Gasteiger partial charge on any atom is -0.491 e. The van der Waals surface area contributed by atoms with Gasteiger partial charge in [0.1, 0.15) is 12.0 Å². The van der Waals surface area contributed by atoms with E-state index in [2.05, 4.69) is 6.92 Å². The van der Waals surface area contributed by atoms with Crippen LogP contribution in [0.15, 0.2) is 18.2 Å². The molecule has 82 valence electrons. The summed E-state index contributed by atoms with van der Waals surface area (Å²) >= 11 is 0. The molecule has 0 aromatic heterocycles. The third kappa shape index (κ3) is 3.39. The molecular weight excluding hydrogens is 188 g/mol. The number of carbonyl (C=O) groups excluding carboxylic acids is 1. The Balaban J connectivity index is 2.98.